The molecule has 0 radical (unpaired) electrons. The molecule has 9 aliphatic rings. The topological polar surface area (TPSA) is 112 Å². The molecule has 9 rings (SSSR count). The summed E-state index contributed by atoms with van der Waals surface area (Å²) >= 11 is 0. The summed E-state index contributed by atoms with van der Waals surface area (Å²) in [5, 5.41) is 43.8. The Morgan fingerprint density at radius 3 is 1.31 bits per heavy atom. The number of rotatable bonds is 0. The molecule has 0 amide bonds. The van der Waals surface area contributed by atoms with Gasteiger partial charge in [-0.05, 0) is 74.5 Å². The molecule has 17 atom stereocenters. The molecule has 4 aliphatic carbocycles. The van der Waals surface area contributed by atoms with Crippen LogP contribution in [0.2, 0.25) is 0 Å². The van der Waals surface area contributed by atoms with E-state index < -0.39 is 0 Å². The fourth-order valence-electron chi connectivity index (χ4n) is 12.0. The van der Waals surface area contributed by atoms with Gasteiger partial charge in [0.25, 0.3) is 0 Å². The number of hydrogen-bond acceptors (Lipinski definition) is 8. The van der Waals surface area contributed by atoms with Crippen molar-refractivity contribution in [1.29, 1.82) is 0 Å². The third-order valence-corrected chi connectivity index (χ3v) is 13.8. The summed E-state index contributed by atoms with van der Waals surface area (Å²) in [6.45, 7) is 0. The van der Waals surface area contributed by atoms with Gasteiger partial charge in [0, 0.05) is 39.7 Å². The molecule has 0 aromatic rings. The first-order chi connectivity index (χ1) is 20.2. The second-order valence-electron chi connectivity index (χ2n) is 15.6. The predicted octanol–water partition coefficient (Wildman–Crippen LogP) is 1.21. The third-order valence-electron chi connectivity index (χ3n) is 13.8. The van der Waals surface area contributed by atoms with Crippen molar-refractivity contribution in [1.82, 2.24) is 37.2 Å². The second kappa shape index (κ2) is 12.2. The summed E-state index contributed by atoms with van der Waals surface area (Å²) in [5.74, 6) is 4.61. The molecule has 9 nitrogen and oxygen atoms in total. The van der Waals surface area contributed by atoms with Gasteiger partial charge in [-0.3, -0.25) is 37.2 Å². The molecule has 9 fully saturated rings. The minimum absolute atomic E-state index is 0. The Hall–Kier alpha value is 0.354. The van der Waals surface area contributed by atoms with Crippen molar-refractivity contribution in [2.75, 3.05) is 0 Å². The summed E-state index contributed by atoms with van der Waals surface area (Å²) in [7, 11) is 0. The fraction of sp³-hybridized carbons (Fsp3) is 0.969. The molecule has 5 heterocycles. The van der Waals surface area contributed by atoms with Gasteiger partial charge in [0.2, 0.25) is 0 Å². The maximum Gasteiger partial charge on any atom is 0.146 e. The summed E-state index contributed by atoms with van der Waals surface area (Å²) in [5.41, 5.74) is 0. The Bertz CT molecular complexity index is 889. The molecule has 4 saturated carbocycles. The van der Waals surface area contributed by atoms with Crippen LogP contribution in [0.3, 0.4) is 0 Å². The van der Waals surface area contributed by atoms with Crippen LogP contribution in [0.4, 0.5) is 0 Å². The van der Waals surface area contributed by atoms with Crippen LogP contribution >= 0.6 is 0 Å². The average Bonchev–Trinajstić information content (AvgIpc) is 3.76. The minimum Gasteiger partial charge on any atom is -0.632 e. The summed E-state index contributed by atoms with van der Waals surface area (Å²) in [6, 6.07) is 0. The van der Waals surface area contributed by atoms with Gasteiger partial charge < -0.3 is 16.7 Å². The van der Waals surface area contributed by atoms with Gasteiger partial charge in [0.15, 0.2) is 0 Å². The standard InChI is InChI=1S/C32H55N8O.Ti/c41-40-31-23-15-7-5-13-21(23)29(38-31)36-27-19-11-3-1-9-17(19)25(34-27)33-26-18-10-2-4-12-20(18)28(35-26)37-30-22-14-6-8-16-24(22)32(40)39-30;/h13,17-40H,1-12,14-16H2;/q-1;. The van der Waals surface area contributed by atoms with E-state index in [9.17, 15) is 5.21 Å². The van der Waals surface area contributed by atoms with Gasteiger partial charge in [-0.2, -0.15) is 6.42 Å². The summed E-state index contributed by atoms with van der Waals surface area (Å²) in [4.78, 5) is 0. The third kappa shape index (κ3) is 4.95. The molecule has 0 spiro atoms. The fourth-order valence-corrected chi connectivity index (χ4v) is 12.0. The minimum atomic E-state index is -0.0324. The van der Waals surface area contributed by atoms with Crippen molar-refractivity contribution >= 4 is 0 Å². The Morgan fingerprint density at radius 2 is 0.786 bits per heavy atom. The van der Waals surface area contributed by atoms with Crippen molar-refractivity contribution in [2.45, 2.75) is 146 Å². The van der Waals surface area contributed by atoms with E-state index in [0.717, 1.165) is 0 Å². The zero-order valence-electron chi connectivity index (χ0n) is 25.3. The van der Waals surface area contributed by atoms with Crippen LogP contribution in [0.25, 0.3) is 0 Å². The molecule has 0 aromatic carbocycles. The molecule has 10 heteroatoms. The Kier molecular flexibility index (Phi) is 8.62. The maximum absolute atomic E-state index is 14.6. The molecule has 42 heavy (non-hydrogen) atoms. The summed E-state index contributed by atoms with van der Waals surface area (Å²) < 4.78 is 0. The molecular formula is C32H55N8OTi-. The number of fused-ring (bicyclic) bond motifs is 20. The average molecular weight is 616 g/mol. The quantitative estimate of drug-likeness (QED) is 0.117. The van der Waals surface area contributed by atoms with Crippen LogP contribution in [-0.2, 0) is 21.7 Å². The molecule has 234 valence electrons. The molecule has 17 unspecified atom stereocenters. The van der Waals surface area contributed by atoms with Gasteiger partial charge in [0.1, 0.15) is 12.3 Å². The number of nitrogens with one attached hydrogen (secondary N) is 8. The molecule has 5 saturated heterocycles. The van der Waals surface area contributed by atoms with Gasteiger partial charge in [-0.25, -0.2) is 0 Å². The van der Waals surface area contributed by atoms with Gasteiger partial charge in [-0.1, -0.05) is 44.9 Å². The van der Waals surface area contributed by atoms with Crippen LogP contribution in [-0.4, -0.2) is 49.3 Å². The number of hydrogen-bond donors (Lipinski definition) is 8. The predicted molar refractivity (Wildman–Crippen MR) is 158 cm³/mol. The molecule has 5 aliphatic heterocycles. The van der Waals surface area contributed by atoms with Crippen molar-refractivity contribution in [2.24, 2.45) is 47.3 Å². The first kappa shape index (κ1) is 29.7. The van der Waals surface area contributed by atoms with E-state index in [-0.39, 0.29) is 46.4 Å². The number of quaternary nitrogens is 1. The molecule has 8 bridgehead atoms. The second-order valence-corrected chi connectivity index (χ2v) is 15.6. The van der Waals surface area contributed by atoms with E-state index in [1.165, 1.54) is 96.3 Å². The Balaban J connectivity index is 0.00000267. The number of hydroxylamine groups is 2. The van der Waals surface area contributed by atoms with Gasteiger partial charge >= 0.3 is 0 Å². The van der Waals surface area contributed by atoms with E-state index in [1.54, 1.807) is 0 Å². The van der Waals surface area contributed by atoms with E-state index in [4.69, 9.17) is 0 Å². The zero-order valence-corrected chi connectivity index (χ0v) is 26.9. The van der Waals surface area contributed by atoms with Crippen molar-refractivity contribution in [3.05, 3.63) is 11.6 Å². The van der Waals surface area contributed by atoms with Crippen LogP contribution in [0.5, 0.6) is 0 Å². The Labute approximate surface area is 267 Å². The van der Waals surface area contributed by atoms with Crippen LogP contribution in [0, 0.1) is 59.0 Å². The molecular weight excluding hydrogens is 560 g/mol. The SMILES string of the molecule is [O-][NH+]1C2NC(NC3NC(NC4NC(NC5NC1C1CCCCC51)C1CCCCC41)C1CCCCC31)C1[CH-]CCCC12.[Ti]. The van der Waals surface area contributed by atoms with Crippen LogP contribution < -0.4 is 42.3 Å². The van der Waals surface area contributed by atoms with E-state index in [1.807, 2.05) is 0 Å². The Morgan fingerprint density at radius 1 is 0.429 bits per heavy atom. The van der Waals surface area contributed by atoms with Gasteiger partial charge in [-0.15, -0.1) is 5.92 Å². The largest absolute Gasteiger partial charge is 0.632 e. The molecule has 8 N–H and O–H groups in total. The maximum atomic E-state index is 14.6. The zero-order chi connectivity index (χ0) is 27.1. The first-order valence-corrected chi connectivity index (χ1v) is 17.9. The normalized spacial score (nSPS) is 56.9. The van der Waals surface area contributed by atoms with Crippen LogP contribution in [0.15, 0.2) is 0 Å². The van der Waals surface area contributed by atoms with Crippen molar-refractivity contribution in [3.8, 4) is 0 Å². The molecule has 0 aromatic heterocycles. The monoisotopic (exact) mass is 615 g/mol. The van der Waals surface area contributed by atoms with Crippen molar-refractivity contribution in [3.63, 3.8) is 0 Å². The first-order valence-electron chi connectivity index (χ1n) is 17.9. The van der Waals surface area contributed by atoms with E-state index in [2.05, 4.69) is 43.6 Å². The van der Waals surface area contributed by atoms with E-state index in [0.29, 0.717) is 77.1 Å². The smallest absolute Gasteiger partial charge is 0.146 e. The van der Waals surface area contributed by atoms with Crippen LogP contribution in [0.1, 0.15) is 96.3 Å². The van der Waals surface area contributed by atoms with E-state index >= 15 is 0 Å². The van der Waals surface area contributed by atoms with Gasteiger partial charge in [0.05, 0.1) is 30.8 Å². The summed E-state index contributed by atoms with van der Waals surface area (Å²) in [6.07, 6.45) is 23.6. The van der Waals surface area contributed by atoms with Crippen molar-refractivity contribution < 1.29 is 26.8 Å².